The minimum atomic E-state index is -0.550. The normalized spacial score (nSPS) is 8.91. The smallest absolute Gasteiger partial charge is 0.338 e. The first-order chi connectivity index (χ1) is 10.4. The zero-order chi connectivity index (χ0) is 17.1. The second-order valence-corrected chi connectivity index (χ2v) is 4.24. The summed E-state index contributed by atoms with van der Waals surface area (Å²) in [7, 11) is 4.81. The van der Waals surface area contributed by atoms with E-state index in [1.807, 2.05) is 0 Å². The van der Waals surface area contributed by atoms with Crippen LogP contribution in [0.15, 0.2) is 36.4 Å². The topological polar surface area (TPSA) is 78.9 Å². The number of methoxy groups -OCH3 is 2. The number of esters is 3. The minimum absolute atomic E-state index is 0.210. The molecule has 1 atom stereocenters. The lowest BCUT2D eigenvalue weighted by Gasteiger charge is -2.04. The van der Waals surface area contributed by atoms with Crippen LogP contribution in [-0.2, 0) is 19.0 Å². The van der Waals surface area contributed by atoms with Crippen LogP contribution in [0.5, 0.6) is 0 Å². The maximum Gasteiger partial charge on any atom is 0.338 e. The van der Waals surface area contributed by atoms with Gasteiger partial charge < -0.3 is 14.2 Å². The summed E-state index contributed by atoms with van der Waals surface area (Å²) in [5.41, 5.74) is 0.858. The average molecular weight is 326 g/mol. The van der Waals surface area contributed by atoms with Crippen molar-refractivity contribution in [2.45, 2.75) is 6.92 Å². The Bertz CT molecular complexity index is 518. The van der Waals surface area contributed by atoms with Crippen molar-refractivity contribution in [1.29, 1.82) is 0 Å². The van der Waals surface area contributed by atoms with E-state index in [2.05, 4.69) is 30.0 Å². The summed E-state index contributed by atoms with van der Waals surface area (Å²) < 4.78 is 13.6. The molecule has 0 aliphatic carbocycles. The lowest BCUT2D eigenvalue weighted by atomic mass is 10.1. The maximum absolute atomic E-state index is 11.2. The largest absolute Gasteiger partial charge is 0.465 e. The van der Waals surface area contributed by atoms with Crippen LogP contribution < -0.4 is 0 Å². The summed E-state index contributed by atoms with van der Waals surface area (Å²) in [5.74, 6) is -1.43. The van der Waals surface area contributed by atoms with Crippen molar-refractivity contribution < 1.29 is 28.6 Å². The van der Waals surface area contributed by atoms with E-state index in [0.29, 0.717) is 11.9 Å². The first-order valence-electron chi connectivity index (χ1n) is 6.17. The Balaban J connectivity index is 0.000000472. The summed E-state index contributed by atoms with van der Waals surface area (Å²) in [5, 5.41) is 0. The molecule has 0 radical (unpaired) electrons. The zero-order valence-corrected chi connectivity index (χ0v) is 13.9. The van der Waals surface area contributed by atoms with Crippen molar-refractivity contribution in [2.24, 2.45) is 0 Å². The van der Waals surface area contributed by atoms with Gasteiger partial charge in [0.25, 0.3) is 0 Å². The highest BCUT2D eigenvalue weighted by Gasteiger charge is 2.16. The highest BCUT2D eigenvalue weighted by atomic mass is 31.0. The molecule has 0 aliphatic heterocycles. The van der Waals surface area contributed by atoms with E-state index in [1.165, 1.54) is 26.4 Å². The third-order valence-electron chi connectivity index (χ3n) is 2.30. The molecule has 1 unspecified atom stereocenters. The molecule has 0 heterocycles. The van der Waals surface area contributed by atoms with Gasteiger partial charge in [0.1, 0.15) is 6.35 Å². The number of benzene rings is 1. The number of carbonyl (C=O) groups is 3. The van der Waals surface area contributed by atoms with Crippen LogP contribution in [0.1, 0.15) is 27.6 Å². The number of rotatable bonds is 4. The van der Waals surface area contributed by atoms with E-state index in [-0.39, 0.29) is 17.1 Å². The van der Waals surface area contributed by atoms with E-state index in [4.69, 9.17) is 0 Å². The Morgan fingerprint density at radius 2 is 1.45 bits per heavy atom. The highest BCUT2D eigenvalue weighted by molar-refractivity contribution is 7.16. The van der Waals surface area contributed by atoms with Gasteiger partial charge in [-0.25, -0.2) is 14.4 Å². The van der Waals surface area contributed by atoms with Gasteiger partial charge in [0.05, 0.1) is 25.3 Å². The Morgan fingerprint density at radius 1 is 1.05 bits per heavy atom. The first kappa shape index (κ1) is 19.8. The monoisotopic (exact) mass is 326 g/mol. The second kappa shape index (κ2) is 10.5. The molecule has 1 rings (SSSR count). The van der Waals surface area contributed by atoms with Crippen molar-refractivity contribution in [3.63, 3.8) is 0 Å². The van der Waals surface area contributed by atoms with Crippen LogP contribution in [0, 0.1) is 0 Å². The second-order valence-electron chi connectivity index (χ2n) is 3.91. The van der Waals surface area contributed by atoms with Gasteiger partial charge in [0.2, 0.25) is 0 Å². The average Bonchev–Trinajstić information content (AvgIpc) is 2.54. The number of ether oxygens (including phenoxy) is 3. The number of carbonyl (C=O) groups excluding carboxylic acids is 3. The SMILES string of the molecule is C=C(C)C(=O)OCP.COC(=O)c1ccccc1C(=O)OC. The molecule has 0 fully saturated rings. The van der Waals surface area contributed by atoms with Crippen molar-refractivity contribution in [2.75, 3.05) is 20.6 Å². The minimum Gasteiger partial charge on any atom is -0.465 e. The van der Waals surface area contributed by atoms with Crippen molar-refractivity contribution in [3.8, 4) is 0 Å². The van der Waals surface area contributed by atoms with Crippen LogP contribution in [0.3, 0.4) is 0 Å². The van der Waals surface area contributed by atoms with E-state index >= 15 is 0 Å². The summed E-state index contributed by atoms with van der Waals surface area (Å²) in [6.45, 7) is 5.00. The standard InChI is InChI=1S/C10H10O4.C5H9O2P/c1-13-9(11)7-5-3-4-6-8(7)10(12)14-2;1-4(2)5(6)7-3-8/h3-6H,1-2H3;1,3,8H2,2H3. The number of hydrogen-bond donors (Lipinski definition) is 0. The Hall–Kier alpha value is -2.20. The van der Waals surface area contributed by atoms with Gasteiger partial charge in [-0.15, -0.1) is 0 Å². The molecule has 1 aromatic rings. The van der Waals surface area contributed by atoms with Gasteiger partial charge in [-0.05, 0) is 19.1 Å². The van der Waals surface area contributed by atoms with E-state index in [9.17, 15) is 14.4 Å². The molecule has 0 aromatic heterocycles. The highest BCUT2D eigenvalue weighted by Crippen LogP contribution is 2.10. The molecule has 0 amide bonds. The third kappa shape index (κ3) is 6.50. The lowest BCUT2D eigenvalue weighted by molar-refractivity contribution is -0.136. The molecule has 0 N–H and O–H groups in total. The van der Waals surface area contributed by atoms with Gasteiger partial charge in [0.15, 0.2) is 0 Å². The number of hydrogen-bond acceptors (Lipinski definition) is 6. The fourth-order valence-corrected chi connectivity index (χ4v) is 1.41. The molecule has 0 spiro atoms. The van der Waals surface area contributed by atoms with Crippen LogP contribution >= 0.6 is 9.24 Å². The predicted octanol–water partition coefficient (Wildman–Crippen LogP) is 2.20. The van der Waals surface area contributed by atoms with E-state index in [0.717, 1.165) is 0 Å². The molecule has 0 bridgehead atoms. The Labute approximate surface area is 131 Å². The molecule has 1 aromatic carbocycles. The summed E-state index contributed by atoms with van der Waals surface area (Å²) in [6.07, 6.45) is 0.339. The quantitative estimate of drug-likeness (QED) is 0.365. The molecule has 0 saturated heterocycles. The predicted molar refractivity (Wildman–Crippen MR) is 84.6 cm³/mol. The van der Waals surface area contributed by atoms with Crippen LogP contribution in [0.2, 0.25) is 0 Å². The molecular formula is C15H19O6P. The zero-order valence-electron chi connectivity index (χ0n) is 12.8. The van der Waals surface area contributed by atoms with Crippen molar-refractivity contribution in [3.05, 3.63) is 47.5 Å². The van der Waals surface area contributed by atoms with Gasteiger partial charge >= 0.3 is 17.9 Å². The summed E-state index contributed by atoms with van der Waals surface area (Å²) >= 11 is 0. The van der Waals surface area contributed by atoms with Crippen molar-refractivity contribution >= 4 is 27.1 Å². The van der Waals surface area contributed by atoms with Crippen LogP contribution in [-0.4, -0.2) is 38.5 Å². The molecule has 0 saturated carbocycles. The van der Waals surface area contributed by atoms with Crippen LogP contribution in [0.25, 0.3) is 0 Å². The molecule has 120 valence electrons. The van der Waals surface area contributed by atoms with Gasteiger partial charge in [-0.1, -0.05) is 28.0 Å². The van der Waals surface area contributed by atoms with Gasteiger partial charge in [0, 0.05) is 5.57 Å². The first-order valence-corrected chi connectivity index (χ1v) is 6.99. The molecule has 7 heteroatoms. The van der Waals surface area contributed by atoms with Gasteiger partial charge in [-0.2, -0.15) is 0 Å². The van der Waals surface area contributed by atoms with E-state index in [1.54, 1.807) is 19.1 Å². The molecule has 6 nitrogen and oxygen atoms in total. The molecule has 0 aliphatic rings. The Kier molecular flexibility index (Phi) is 9.46. The van der Waals surface area contributed by atoms with Gasteiger partial charge in [-0.3, -0.25) is 0 Å². The molecular weight excluding hydrogens is 307 g/mol. The van der Waals surface area contributed by atoms with Crippen molar-refractivity contribution in [1.82, 2.24) is 0 Å². The van der Waals surface area contributed by atoms with E-state index < -0.39 is 11.9 Å². The Morgan fingerprint density at radius 3 is 1.68 bits per heavy atom. The fraction of sp³-hybridized carbons (Fsp3) is 0.267. The molecule has 22 heavy (non-hydrogen) atoms. The fourth-order valence-electron chi connectivity index (χ4n) is 1.26. The lowest BCUT2D eigenvalue weighted by Crippen LogP contribution is -2.11. The third-order valence-corrected chi connectivity index (χ3v) is 2.47. The summed E-state index contributed by atoms with van der Waals surface area (Å²) in [6, 6.07) is 6.33. The summed E-state index contributed by atoms with van der Waals surface area (Å²) in [4.78, 5) is 32.9. The maximum atomic E-state index is 11.2. The van der Waals surface area contributed by atoms with Crippen LogP contribution in [0.4, 0.5) is 0 Å².